The summed E-state index contributed by atoms with van der Waals surface area (Å²) in [6.07, 6.45) is 1.90. The molecule has 1 fully saturated rings. The number of carbonyl (C=O) groups excluding carboxylic acids is 2. The maximum Gasteiger partial charge on any atom is 0.313 e. The number of rotatable bonds is 5. The number of nitrogens with one attached hydrogen (secondary N) is 2. The van der Waals surface area contributed by atoms with Gasteiger partial charge in [-0.2, -0.15) is 0 Å². The van der Waals surface area contributed by atoms with E-state index in [-0.39, 0.29) is 6.04 Å². The number of ether oxygens (including phenoxy) is 1. The second-order valence-corrected chi connectivity index (χ2v) is 6.38. The number of likely N-dealkylation sites (tertiary alicyclic amines) is 1. The average molecular weight is 333 g/mol. The molecule has 0 saturated carbocycles. The zero-order valence-corrected chi connectivity index (χ0v) is 14.7. The Kier molecular flexibility index (Phi) is 6.75. The first-order valence-corrected chi connectivity index (χ1v) is 8.40. The van der Waals surface area contributed by atoms with Crippen LogP contribution in [-0.2, 0) is 14.3 Å². The number of aryl methyl sites for hydroxylation is 2. The van der Waals surface area contributed by atoms with Gasteiger partial charge in [-0.05, 0) is 44.9 Å². The van der Waals surface area contributed by atoms with Crippen molar-refractivity contribution in [3.8, 4) is 0 Å². The van der Waals surface area contributed by atoms with E-state index < -0.39 is 11.8 Å². The Labute approximate surface area is 143 Å². The number of benzene rings is 1. The van der Waals surface area contributed by atoms with E-state index in [9.17, 15) is 9.59 Å². The Bertz CT molecular complexity index is 589. The van der Waals surface area contributed by atoms with Crippen LogP contribution in [0.1, 0.15) is 24.0 Å². The van der Waals surface area contributed by atoms with Gasteiger partial charge in [0.2, 0.25) is 0 Å². The third-order valence-electron chi connectivity index (χ3n) is 4.29. The quantitative estimate of drug-likeness (QED) is 0.801. The molecule has 1 aromatic carbocycles. The average Bonchev–Trinajstić information content (AvgIpc) is 2.55. The Morgan fingerprint density at radius 3 is 2.79 bits per heavy atom. The first-order valence-electron chi connectivity index (χ1n) is 8.40. The molecule has 1 heterocycles. The van der Waals surface area contributed by atoms with Crippen LogP contribution in [-0.4, -0.2) is 56.1 Å². The number of carbonyl (C=O) groups is 2. The Morgan fingerprint density at radius 1 is 1.29 bits per heavy atom. The highest BCUT2D eigenvalue weighted by Crippen LogP contribution is 2.16. The van der Waals surface area contributed by atoms with E-state index >= 15 is 0 Å². The van der Waals surface area contributed by atoms with Gasteiger partial charge in [-0.3, -0.25) is 14.5 Å². The summed E-state index contributed by atoms with van der Waals surface area (Å²) in [4.78, 5) is 26.5. The van der Waals surface area contributed by atoms with E-state index in [0.717, 1.165) is 43.6 Å². The molecule has 2 rings (SSSR count). The highest BCUT2D eigenvalue weighted by molar-refractivity contribution is 6.39. The second kappa shape index (κ2) is 8.80. The van der Waals surface area contributed by atoms with Gasteiger partial charge in [0.1, 0.15) is 0 Å². The van der Waals surface area contributed by atoms with E-state index in [1.165, 1.54) is 0 Å². The molecule has 6 nitrogen and oxygen atoms in total. The predicted octanol–water partition coefficient (Wildman–Crippen LogP) is 1.47. The van der Waals surface area contributed by atoms with E-state index in [2.05, 4.69) is 15.5 Å². The van der Waals surface area contributed by atoms with Gasteiger partial charge in [-0.25, -0.2) is 0 Å². The smallest absolute Gasteiger partial charge is 0.313 e. The highest BCUT2D eigenvalue weighted by atomic mass is 16.5. The standard InChI is InChI=1S/C18H27N3O3/c1-13-6-7-16(14(2)11-13)20-18(23)17(22)19-15-5-4-8-21(12-15)9-10-24-3/h6-7,11,15H,4-5,8-10,12H2,1-3H3,(H,19,22)(H,20,23)/t15-/m0/s1. The summed E-state index contributed by atoms with van der Waals surface area (Å²) in [7, 11) is 1.68. The third kappa shape index (κ3) is 5.32. The van der Waals surface area contributed by atoms with Crippen LogP contribution < -0.4 is 10.6 Å². The number of nitrogens with zero attached hydrogens (tertiary/aromatic N) is 1. The zero-order valence-electron chi connectivity index (χ0n) is 14.7. The van der Waals surface area contributed by atoms with Gasteiger partial charge >= 0.3 is 11.8 Å². The first-order chi connectivity index (χ1) is 11.5. The van der Waals surface area contributed by atoms with Crippen LogP contribution in [0.4, 0.5) is 5.69 Å². The van der Waals surface area contributed by atoms with Gasteiger partial charge in [0, 0.05) is 31.9 Å². The van der Waals surface area contributed by atoms with Gasteiger partial charge < -0.3 is 15.4 Å². The number of hydrogen-bond donors (Lipinski definition) is 2. The molecule has 0 aliphatic carbocycles. The molecular weight excluding hydrogens is 306 g/mol. The summed E-state index contributed by atoms with van der Waals surface area (Å²) in [6.45, 7) is 7.18. The van der Waals surface area contributed by atoms with Crippen LogP contribution in [0.5, 0.6) is 0 Å². The molecule has 2 amide bonds. The van der Waals surface area contributed by atoms with Crippen molar-refractivity contribution in [1.29, 1.82) is 0 Å². The summed E-state index contributed by atoms with van der Waals surface area (Å²) in [6, 6.07) is 5.72. The van der Waals surface area contributed by atoms with Crippen molar-refractivity contribution >= 4 is 17.5 Å². The molecule has 0 spiro atoms. The fourth-order valence-corrected chi connectivity index (χ4v) is 2.98. The number of hydrogen-bond acceptors (Lipinski definition) is 4. The maximum atomic E-state index is 12.1. The van der Waals surface area contributed by atoms with E-state index in [1.807, 2.05) is 32.0 Å². The zero-order chi connectivity index (χ0) is 17.5. The largest absolute Gasteiger partial charge is 0.383 e. The van der Waals surface area contributed by atoms with Crippen LogP contribution in [0, 0.1) is 13.8 Å². The van der Waals surface area contributed by atoms with Gasteiger partial charge in [0.15, 0.2) is 0 Å². The van der Waals surface area contributed by atoms with Crippen LogP contribution in [0.25, 0.3) is 0 Å². The van der Waals surface area contributed by atoms with Crippen molar-refractivity contribution in [3.05, 3.63) is 29.3 Å². The second-order valence-electron chi connectivity index (χ2n) is 6.38. The topological polar surface area (TPSA) is 70.7 Å². The minimum absolute atomic E-state index is 0.00738. The lowest BCUT2D eigenvalue weighted by Crippen LogP contribution is -2.50. The highest BCUT2D eigenvalue weighted by Gasteiger charge is 2.24. The molecular formula is C18H27N3O3. The number of anilines is 1. The van der Waals surface area contributed by atoms with Crippen molar-refractivity contribution in [1.82, 2.24) is 10.2 Å². The molecule has 1 atom stereocenters. The molecule has 1 aromatic rings. The Morgan fingerprint density at radius 2 is 2.08 bits per heavy atom. The lowest BCUT2D eigenvalue weighted by molar-refractivity contribution is -0.136. The molecule has 0 bridgehead atoms. The van der Waals surface area contributed by atoms with Gasteiger partial charge in [-0.1, -0.05) is 17.7 Å². The Hall–Kier alpha value is -1.92. The molecule has 2 N–H and O–H groups in total. The summed E-state index contributed by atoms with van der Waals surface area (Å²) in [5, 5.41) is 5.53. The molecule has 24 heavy (non-hydrogen) atoms. The van der Waals surface area contributed by atoms with Gasteiger partial charge in [0.25, 0.3) is 0 Å². The number of piperidine rings is 1. The maximum absolute atomic E-state index is 12.1. The molecule has 1 saturated heterocycles. The lowest BCUT2D eigenvalue weighted by Gasteiger charge is -2.32. The third-order valence-corrected chi connectivity index (χ3v) is 4.29. The van der Waals surface area contributed by atoms with Crippen molar-refractivity contribution < 1.29 is 14.3 Å². The van der Waals surface area contributed by atoms with Crippen molar-refractivity contribution in [3.63, 3.8) is 0 Å². The molecule has 132 valence electrons. The molecule has 0 unspecified atom stereocenters. The van der Waals surface area contributed by atoms with Crippen LogP contribution in [0.15, 0.2) is 18.2 Å². The van der Waals surface area contributed by atoms with Crippen LogP contribution in [0.2, 0.25) is 0 Å². The Balaban J connectivity index is 1.85. The molecule has 0 aromatic heterocycles. The van der Waals surface area contributed by atoms with E-state index in [1.54, 1.807) is 7.11 Å². The SMILES string of the molecule is COCCN1CCC[C@H](NC(=O)C(=O)Nc2ccc(C)cc2C)C1. The van der Waals surface area contributed by atoms with Crippen molar-refractivity contribution in [2.45, 2.75) is 32.7 Å². The molecule has 6 heteroatoms. The monoisotopic (exact) mass is 333 g/mol. The summed E-state index contributed by atoms with van der Waals surface area (Å²) in [5.41, 5.74) is 2.74. The minimum atomic E-state index is -0.615. The first kappa shape index (κ1) is 18.4. The normalized spacial score (nSPS) is 18.2. The molecule has 1 aliphatic heterocycles. The minimum Gasteiger partial charge on any atom is -0.383 e. The number of amides is 2. The summed E-state index contributed by atoms with van der Waals surface area (Å²) >= 11 is 0. The summed E-state index contributed by atoms with van der Waals surface area (Å²) < 4.78 is 5.09. The fraction of sp³-hybridized carbons (Fsp3) is 0.556. The molecule has 1 aliphatic rings. The van der Waals surface area contributed by atoms with E-state index in [4.69, 9.17) is 4.74 Å². The molecule has 0 radical (unpaired) electrons. The van der Waals surface area contributed by atoms with Crippen LogP contribution >= 0.6 is 0 Å². The fourth-order valence-electron chi connectivity index (χ4n) is 2.98. The summed E-state index contributed by atoms with van der Waals surface area (Å²) in [5.74, 6) is -1.19. The van der Waals surface area contributed by atoms with Crippen molar-refractivity contribution in [2.24, 2.45) is 0 Å². The van der Waals surface area contributed by atoms with Gasteiger partial charge in [-0.15, -0.1) is 0 Å². The predicted molar refractivity (Wildman–Crippen MR) is 94.0 cm³/mol. The van der Waals surface area contributed by atoms with Gasteiger partial charge in [0.05, 0.1) is 6.61 Å². The van der Waals surface area contributed by atoms with E-state index in [0.29, 0.717) is 12.3 Å². The van der Waals surface area contributed by atoms with Crippen LogP contribution in [0.3, 0.4) is 0 Å². The van der Waals surface area contributed by atoms with Crippen molar-refractivity contribution in [2.75, 3.05) is 38.7 Å². The lowest BCUT2D eigenvalue weighted by atomic mass is 10.1. The number of methoxy groups -OCH3 is 1.